The second-order valence-corrected chi connectivity index (χ2v) is 6.03. The molecule has 23 heavy (non-hydrogen) atoms. The summed E-state index contributed by atoms with van der Waals surface area (Å²) < 4.78 is 7.01. The summed E-state index contributed by atoms with van der Waals surface area (Å²) in [5.74, 6) is 6.99. The van der Waals surface area contributed by atoms with Gasteiger partial charge in [0.2, 0.25) is 0 Å². The van der Waals surface area contributed by atoms with E-state index in [-0.39, 0.29) is 0 Å². The van der Waals surface area contributed by atoms with E-state index in [1.54, 1.807) is 17.7 Å². The number of aromatic nitrogens is 3. The van der Waals surface area contributed by atoms with Gasteiger partial charge in [-0.15, -0.1) is 11.3 Å². The highest BCUT2D eigenvalue weighted by molar-refractivity contribution is 7.17. The standard InChI is InChI=1S/C18H13N3OS/c1-12-15-10-13(21-18(15)20-11-19-12)4-3-8-22-16-5-2-6-17-14(16)7-9-23-17/h2,5-7,9-11H,8H2,1H3,(H,19,20,21). The Hall–Kier alpha value is -2.84. The monoisotopic (exact) mass is 319 g/mol. The molecule has 4 aromatic rings. The fourth-order valence-corrected chi connectivity index (χ4v) is 3.27. The number of hydrogen-bond donors (Lipinski definition) is 1. The lowest BCUT2D eigenvalue weighted by molar-refractivity contribution is 0.375. The molecule has 0 unspecified atom stereocenters. The Morgan fingerprint density at radius 1 is 1.22 bits per heavy atom. The minimum atomic E-state index is 0.342. The Kier molecular flexibility index (Phi) is 3.45. The number of rotatable bonds is 2. The summed E-state index contributed by atoms with van der Waals surface area (Å²) >= 11 is 1.71. The van der Waals surface area contributed by atoms with Gasteiger partial charge in [0.05, 0.1) is 11.4 Å². The van der Waals surface area contributed by atoms with Crippen LogP contribution in [0.5, 0.6) is 5.75 Å². The van der Waals surface area contributed by atoms with E-state index in [0.29, 0.717) is 6.61 Å². The van der Waals surface area contributed by atoms with Crippen molar-refractivity contribution in [1.29, 1.82) is 0 Å². The van der Waals surface area contributed by atoms with Crippen molar-refractivity contribution >= 4 is 32.5 Å². The summed E-state index contributed by atoms with van der Waals surface area (Å²) in [5.41, 5.74) is 2.58. The van der Waals surface area contributed by atoms with E-state index < -0.39 is 0 Å². The van der Waals surface area contributed by atoms with Gasteiger partial charge in [0.25, 0.3) is 0 Å². The third kappa shape index (κ3) is 2.65. The minimum Gasteiger partial charge on any atom is -0.480 e. The second kappa shape index (κ2) is 5.75. The molecule has 0 fully saturated rings. The van der Waals surface area contributed by atoms with Crippen molar-refractivity contribution in [3.8, 4) is 17.6 Å². The van der Waals surface area contributed by atoms with Gasteiger partial charge in [-0.1, -0.05) is 12.0 Å². The fourth-order valence-electron chi connectivity index (χ4n) is 2.47. The SMILES string of the molecule is Cc1ncnc2[nH]c(C#CCOc3cccc4sccc34)cc12. The molecule has 0 atom stereocenters. The van der Waals surface area contributed by atoms with E-state index in [1.165, 1.54) is 4.70 Å². The number of nitrogens with one attached hydrogen (secondary N) is 1. The molecular weight excluding hydrogens is 306 g/mol. The molecule has 0 bridgehead atoms. The first kappa shape index (κ1) is 13.8. The number of hydrogen-bond acceptors (Lipinski definition) is 4. The molecule has 1 N–H and O–H groups in total. The van der Waals surface area contributed by atoms with Crippen LogP contribution in [0.4, 0.5) is 0 Å². The maximum Gasteiger partial charge on any atom is 0.149 e. The van der Waals surface area contributed by atoms with E-state index in [9.17, 15) is 0 Å². The third-order valence-corrected chi connectivity index (χ3v) is 4.49. The van der Waals surface area contributed by atoms with Gasteiger partial charge in [-0.25, -0.2) is 9.97 Å². The predicted molar refractivity (Wildman–Crippen MR) is 92.8 cm³/mol. The number of nitrogens with zero attached hydrogens (tertiary/aromatic N) is 2. The van der Waals surface area contributed by atoms with Gasteiger partial charge < -0.3 is 9.72 Å². The lowest BCUT2D eigenvalue weighted by Crippen LogP contribution is -1.94. The first-order valence-corrected chi connectivity index (χ1v) is 8.07. The summed E-state index contributed by atoms with van der Waals surface area (Å²) in [6, 6.07) is 10.1. The topological polar surface area (TPSA) is 50.8 Å². The first-order valence-electron chi connectivity index (χ1n) is 7.19. The number of aromatic amines is 1. The highest BCUT2D eigenvalue weighted by Gasteiger charge is 2.03. The predicted octanol–water partition coefficient (Wildman–Crippen LogP) is 3.91. The molecular formula is C18H13N3OS. The van der Waals surface area contributed by atoms with Gasteiger partial charge in [-0.2, -0.15) is 0 Å². The van der Waals surface area contributed by atoms with Gasteiger partial charge in [0, 0.05) is 15.5 Å². The Bertz CT molecular complexity index is 1050. The lowest BCUT2D eigenvalue weighted by Gasteiger charge is -2.02. The van der Waals surface area contributed by atoms with Crippen LogP contribution in [0.3, 0.4) is 0 Å². The molecule has 0 spiro atoms. The van der Waals surface area contributed by atoms with Crippen molar-refractivity contribution in [2.45, 2.75) is 6.92 Å². The van der Waals surface area contributed by atoms with E-state index in [4.69, 9.17) is 4.74 Å². The number of H-pyrrole nitrogens is 1. The molecule has 0 saturated heterocycles. The maximum atomic E-state index is 5.79. The van der Waals surface area contributed by atoms with Crippen LogP contribution < -0.4 is 4.74 Å². The van der Waals surface area contributed by atoms with Crippen molar-refractivity contribution in [1.82, 2.24) is 15.0 Å². The molecule has 4 nitrogen and oxygen atoms in total. The van der Waals surface area contributed by atoms with Crippen molar-refractivity contribution in [3.05, 3.63) is 53.4 Å². The van der Waals surface area contributed by atoms with Gasteiger partial charge in [-0.05, 0) is 42.5 Å². The molecule has 5 heteroatoms. The average Bonchev–Trinajstić information content (AvgIpc) is 3.19. The molecule has 0 radical (unpaired) electrons. The number of aryl methyl sites for hydroxylation is 1. The smallest absolute Gasteiger partial charge is 0.149 e. The van der Waals surface area contributed by atoms with E-state index in [0.717, 1.165) is 33.6 Å². The molecule has 0 amide bonds. The van der Waals surface area contributed by atoms with Crippen LogP contribution >= 0.6 is 11.3 Å². The summed E-state index contributed by atoms with van der Waals surface area (Å²) in [7, 11) is 0. The van der Waals surface area contributed by atoms with Gasteiger partial charge in [0.1, 0.15) is 24.3 Å². The van der Waals surface area contributed by atoms with Crippen LogP contribution in [0.2, 0.25) is 0 Å². The summed E-state index contributed by atoms with van der Waals surface area (Å²) in [4.78, 5) is 11.6. The Morgan fingerprint density at radius 2 is 2.17 bits per heavy atom. The number of benzene rings is 1. The van der Waals surface area contributed by atoms with Gasteiger partial charge in [-0.3, -0.25) is 0 Å². The molecule has 0 saturated carbocycles. The molecule has 4 rings (SSSR count). The molecule has 3 aromatic heterocycles. The van der Waals surface area contributed by atoms with Gasteiger partial charge >= 0.3 is 0 Å². The fraction of sp³-hybridized carbons (Fsp3) is 0.111. The molecule has 0 aliphatic carbocycles. The van der Waals surface area contributed by atoms with E-state index in [2.05, 4.69) is 44.3 Å². The van der Waals surface area contributed by atoms with E-state index >= 15 is 0 Å². The Balaban J connectivity index is 1.52. The average molecular weight is 319 g/mol. The van der Waals surface area contributed by atoms with Crippen molar-refractivity contribution < 1.29 is 4.74 Å². The number of ether oxygens (including phenoxy) is 1. The quantitative estimate of drug-likeness (QED) is 0.570. The lowest BCUT2D eigenvalue weighted by atomic mass is 10.2. The minimum absolute atomic E-state index is 0.342. The molecule has 0 aliphatic rings. The Morgan fingerprint density at radius 3 is 3.09 bits per heavy atom. The largest absolute Gasteiger partial charge is 0.480 e. The first-order chi connectivity index (χ1) is 11.3. The van der Waals surface area contributed by atoms with Crippen LogP contribution in [0.1, 0.15) is 11.4 Å². The molecule has 112 valence electrons. The van der Waals surface area contributed by atoms with Crippen molar-refractivity contribution in [2.75, 3.05) is 6.61 Å². The van der Waals surface area contributed by atoms with Crippen LogP contribution in [-0.4, -0.2) is 21.6 Å². The summed E-state index contributed by atoms with van der Waals surface area (Å²) in [5, 5.41) is 4.20. The van der Waals surface area contributed by atoms with Crippen LogP contribution in [0.15, 0.2) is 42.0 Å². The molecule has 3 heterocycles. The highest BCUT2D eigenvalue weighted by Crippen LogP contribution is 2.29. The number of thiophene rings is 1. The van der Waals surface area contributed by atoms with Gasteiger partial charge in [0.15, 0.2) is 0 Å². The van der Waals surface area contributed by atoms with Crippen LogP contribution in [-0.2, 0) is 0 Å². The zero-order valence-corrected chi connectivity index (χ0v) is 13.3. The maximum absolute atomic E-state index is 5.79. The zero-order chi connectivity index (χ0) is 15.6. The Labute approximate surface area is 137 Å². The van der Waals surface area contributed by atoms with E-state index in [1.807, 2.05) is 25.1 Å². The zero-order valence-electron chi connectivity index (χ0n) is 12.5. The van der Waals surface area contributed by atoms with Crippen LogP contribution in [0.25, 0.3) is 21.1 Å². The highest BCUT2D eigenvalue weighted by atomic mass is 32.1. The second-order valence-electron chi connectivity index (χ2n) is 5.08. The van der Waals surface area contributed by atoms with Crippen molar-refractivity contribution in [2.24, 2.45) is 0 Å². The number of fused-ring (bicyclic) bond motifs is 2. The summed E-state index contributed by atoms with van der Waals surface area (Å²) in [6.45, 7) is 2.30. The van der Waals surface area contributed by atoms with Crippen LogP contribution in [0, 0.1) is 18.8 Å². The normalized spacial score (nSPS) is 10.7. The van der Waals surface area contributed by atoms with Crippen molar-refractivity contribution in [3.63, 3.8) is 0 Å². The molecule has 0 aliphatic heterocycles. The third-order valence-electron chi connectivity index (χ3n) is 3.60. The summed E-state index contributed by atoms with van der Waals surface area (Å²) in [6.07, 6.45) is 1.55. The molecule has 1 aromatic carbocycles.